The Balaban J connectivity index is 1.71. The zero-order chi connectivity index (χ0) is 18.8. The fourth-order valence-corrected chi connectivity index (χ4v) is 3.15. The number of halogens is 1. The third-order valence-electron chi connectivity index (χ3n) is 4.43. The average molecular weight is 365 g/mol. The fraction of sp³-hybridized carbons (Fsp3) is 0.158. The predicted molar refractivity (Wildman–Crippen MR) is 94.5 cm³/mol. The number of carbonyl (C=O) groups excluding carboxylic acids is 2. The molecule has 0 saturated carbocycles. The van der Waals surface area contributed by atoms with E-state index in [4.69, 9.17) is 0 Å². The first-order valence-corrected chi connectivity index (χ1v) is 8.45. The Morgan fingerprint density at radius 2 is 1.85 bits per heavy atom. The van der Waals surface area contributed by atoms with Gasteiger partial charge in [0.05, 0.1) is 11.9 Å². The third-order valence-corrected chi connectivity index (χ3v) is 4.43. The Morgan fingerprint density at radius 3 is 2.59 bits per heavy atom. The molecule has 1 N–H and O–H groups in total. The number of nitrogens with one attached hydrogen (secondary N) is 1. The Hall–Kier alpha value is -3.55. The summed E-state index contributed by atoms with van der Waals surface area (Å²) in [5.74, 6) is -1.08. The van der Waals surface area contributed by atoms with Crippen LogP contribution in [0, 0.1) is 5.82 Å². The van der Waals surface area contributed by atoms with E-state index >= 15 is 0 Å². The van der Waals surface area contributed by atoms with E-state index in [2.05, 4.69) is 15.6 Å². The maximum atomic E-state index is 13.3. The largest absolute Gasteiger partial charge is 0.352 e. The van der Waals surface area contributed by atoms with Crippen molar-refractivity contribution in [2.24, 2.45) is 0 Å². The maximum absolute atomic E-state index is 13.3. The van der Waals surface area contributed by atoms with Crippen molar-refractivity contribution < 1.29 is 14.0 Å². The lowest BCUT2D eigenvalue weighted by atomic mass is 10.0. The number of rotatable bonds is 3. The molecule has 1 fully saturated rings. The molecule has 7 nitrogen and oxygen atoms in total. The smallest absolute Gasteiger partial charge is 0.275 e. The van der Waals surface area contributed by atoms with Crippen LogP contribution in [-0.2, 0) is 4.79 Å². The minimum absolute atomic E-state index is 0.253. The van der Waals surface area contributed by atoms with Crippen molar-refractivity contribution in [3.05, 3.63) is 77.9 Å². The van der Waals surface area contributed by atoms with E-state index in [1.54, 1.807) is 0 Å². The van der Waals surface area contributed by atoms with Crippen LogP contribution in [0.2, 0.25) is 0 Å². The van der Waals surface area contributed by atoms with Gasteiger partial charge >= 0.3 is 0 Å². The molecule has 1 aromatic heterocycles. The van der Waals surface area contributed by atoms with E-state index in [1.165, 1.54) is 40.0 Å². The van der Waals surface area contributed by atoms with Gasteiger partial charge in [-0.2, -0.15) is 0 Å². The summed E-state index contributed by atoms with van der Waals surface area (Å²) in [5.41, 5.74) is 1.49. The summed E-state index contributed by atoms with van der Waals surface area (Å²) in [6.07, 6.45) is 1.38. The number of para-hydroxylation sites is 1. The molecular weight excluding hydrogens is 349 g/mol. The van der Waals surface area contributed by atoms with Crippen molar-refractivity contribution in [2.45, 2.75) is 6.04 Å². The zero-order valence-electron chi connectivity index (χ0n) is 14.2. The highest BCUT2D eigenvalue weighted by atomic mass is 19.1. The van der Waals surface area contributed by atoms with Gasteiger partial charge in [-0.05, 0) is 29.8 Å². The molecule has 2 heterocycles. The van der Waals surface area contributed by atoms with E-state index in [9.17, 15) is 14.0 Å². The van der Waals surface area contributed by atoms with Gasteiger partial charge in [0.15, 0.2) is 5.69 Å². The van der Waals surface area contributed by atoms with Gasteiger partial charge in [0.25, 0.3) is 5.91 Å². The van der Waals surface area contributed by atoms with Crippen LogP contribution < -0.4 is 5.32 Å². The van der Waals surface area contributed by atoms with E-state index in [-0.39, 0.29) is 17.5 Å². The standard InChI is InChI=1S/C19H16FN5O2/c20-14-8-6-13(7-9-14)17-18(26)21-10-11-24(17)19(27)16-12-22-23-25(16)15-4-2-1-3-5-15/h1-9,12,17H,10-11H2,(H,21,26). The second-order valence-electron chi connectivity index (χ2n) is 6.11. The molecule has 0 aliphatic carbocycles. The van der Waals surface area contributed by atoms with Gasteiger partial charge in [-0.15, -0.1) is 5.10 Å². The van der Waals surface area contributed by atoms with Crippen molar-refractivity contribution in [3.8, 4) is 5.69 Å². The summed E-state index contributed by atoms with van der Waals surface area (Å²) in [6, 6.07) is 13.9. The van der Waals surface area contributed by atoms with Crippen molar-refractivity contribution >= 4 is 11.8 Å². The molecule has 4 rings (SSSR count). The molecule has 136 valence electrons. The highest BCUT2D eigenvalue weighted by Gasteiger charge is 2.36. The molecule has 27 heavy (non-hydrogen) atoms. The first kappa shape index (κ1) is 16.9. The second-order valence-corrected chi connectivity index (χ2v) is 6.11. The number of hydrogen-bond acceptors (Lipinski definition) is 4. The minimum Gasteiger partial charge on any atom is -0.352 e. The quantitative estimate of drug-likeness (QED) is 0.766. The van der Waals surface area contributed by atoms with Crippen molar-refractivity contribution in [1.29, 1.82) is 0 Å². The molecule has 1 aliphatic rings. The first-order chi connectivity index (χ1) is 13.1. The van der Waals surface area contributed by atoms with Crippen LogP contribution in [0.1, 0.15) is 22.1 Å². The second kappa shape index (κ2) is 6.99. The zero-order valence-corrected chi connectivity index (χ0v) is 14.2. The lowest BCUT2D eigenvalue weighted by Crippen LogP contribution is -2.52. The predicted octanol–water partition coefficient (Wildman–Crippen LogP) is 1.72. The number of piperazine rings is 1. The third kappa shape index (κ3) is 3.17. The molecular formula is C19H16FN5O2. The molecule has 0 bridgehead atoms. The summed E-state index contributed by atoms with van der Waals surface area (Å²) in [5, 5.41) is 10.6. The molecule has 1 saturated heterocycles. The highest BCUT2D eigenvalue weighted by molar-refractivity contribution is 5.97. The van der Waals surface area contributed by atoms with Crippen LogP contribution in [0.25, 0.3) is 5.69 Å². The minimum atomic E-state index is -0.842. The van der Waals surface area contributed by atoms with Crippen LogP contribution in [0.15, 0.2) is 60.8 Å². The average Bonchev–Trinajstić information content (AvgIpc) is 3.19. The SMILES string of the molecule is O=C1NCCN(C(=O)c2cnnn2-c2ccccc2)C1c1ccc(F)cc1. The van der Waals surface area contributed by atoms with E-state index < -0.39 is 11.9 Å². The number of amides is 2. The molecule has 1 aliphatic heterocycles. The molecule has 3 aromatic rings. The van der Waals surface area contributed by atoms with Crippen LogP contribution in [0.3, 0.4) is 0 Å². The molecule has 2 amide bonds. The maximum Gasteiger partial charge on any atom is 0.275 e. The van der Waals surface area contributed by atoms with E-state index in [0.717, 1.165) is 0 Å². The van der Waals surface area contributed by atoms with Crippen molar-refractivity contribution in [3.63, 3.8) is 0 Å². The molecule has 0 radical (unpaired) electrons. The summed E-state index contributed by atoms with van der Waals surface area (Å²) in [6.45, 7) is 0.668. The van der Waals surface area contributed by atoms with Crippen LogP contribution in [0.5, 0.6) is 0 Å². The van der Waals surface area contributed by atoms with Gasteiger partial charge in [-0.1, -0.05) is 35.5 Å². The molecule has 2 aromatic carbocycles. The van der Waals surface area contributed by atoms with Gasteiger partial charge in [0.1, 0.15) is 11.9 Å². The monoisotopic (exact) mass is 365 g/mol. The topological polar surface area (TPSA) is 80.1 Å². The molecule has 0 spiro atoms. The molecule has 8 heteroatoms. The summed E-state index contributed by atoms with van der Waals surface area (Å²) in [7, 11) is 0. The van der Waals surface area contributed by atoms with Crippen LogP contribution in [-0.4, -0.2) is 44.8 Å². The number of nitrogens with zero attached hydrogens (tertiary/aromatic N) is 4. The Labute approximate surface area is 154 Å². The Bertz CT molecular complexity index is 971. The van der Waals surface area contributed by atoms with Gasteiger partial charge in [0, 0.05) is 13.1 Å². The first-order valence-electron chi connectivity index (χ1n) is 8.45. The number of aromatic nitrogens is 3. The summed E-state index contributed by atoms with van der Waals surface area (Å²) >= 11 is 0. The highest BCUT2D eigenvalue weighted by Crippen LogP contribution is 2.26. The Morgan fingerprint density at radius 1 is 1.11 bits per heavy atom. The van der Waals surface area contributed by atoms with Gasteiger partial charge in [-0.25, -0.2) is 9.07 Å². The lowest BCUT2D eigenvalue weighted by molar-refractivity contribution is -0.128. The number of carbonyl (C=O) groups is 2. The summed E-state index contributed by atoms with van der Waals surface area (Å²) < 4.78 is 14.7. The fourth-order valence-electron chi connectivity index (χ4n) is 3.15. The van der Waals surface area contributed by atoms with Gasteiger partial charge < -0.3 is 10.2 Å². The van der Waals surface area contributed by atoms with Gasteiger partial charge in [-0.3, -0.25) is 9.59 Å². The lowest BCUT2D eigenvalue weighted by Gasteiger charge is -2.35. The number of benzene rings is 2. The van der Waals surface area contributed by atoms with Crippen LogP contribution in [0.4, 0.5) is 4.39 Å². The van der Waals surface area contributed by atoms with Crippen molar-refractivity contribution in [1.82, 2.24) is 25.2 Å². The van der Waals surface area contributed by atoms with E-state index in [1.807, 2.05) is 30.3 Å². The Kier molecular flexibility index (Phi) is 4.37. The summed E-state index contributed by atoms with van der Waals surface area (Å²) in [4.78, 5) is 27.2. The van der Waals surface area contributed by atoms with E-state index in [0.29, 0.717) is 24.3 Å². The normalized spacial score (nSPS) is 16.9. The molecule has 1 unspecified atom stereocenters. The van der Waals surface area contributed by atoms with Crippen LogP contribution >= 0.6 is 0 Å². The van der Waals surface area contributed by atoms with Crippen molar-refractivity contribution in [2.75, 3.05) is 13.1 Å². The molecule has 1 atom stereocenters. The number of hydrogen-bond donors (Lipinski definition) is 1. The van der Waals surface area contributed by atoms with Gasteiger partial charge in [0.2, 0.25) is 5.91 Å².